The predicted octanol–water partition coefficient (Wildman–Crippen LogP) is 2.43. The number of aliphatic hydroxyl groups excluding tert-OH is 1. The Morgan fingerprint density at radius 2 is 2.09 bits per heavy atom. The van der Waals surface area contributed by atoms with Crippen LogP contribution >= 0.6 is 0 Å². The minimum atomic E-state index is -0.199. The molecule has 22 heavy (non-hydrogen) atoms. The number of guanidine groups is 1. The van der Waals surface area contributed by atoms with Gasteiger partial charge >= 0.3 is 0 Å². The molecular weight excluding hydrogens is 274 g/mol. The van der Waals surface area contributed by atoms with Crippen LogP contribution < -0.4 is 5.32 Å². The fourth-order valence-corrected chi connectivity index (χ4v) is 2.81. The lowest BCUT2D eigenvalue weighted by atomic mass is 10.1. The summed E-state index contributed by atoms with van der Waals surface area (Å²) in [6.07, 6.45) is 5.36. The molecule has 1 saturated heterocycles. The zero-order chi connectivity index (χ0) is 15.6. The monoisotopic (exact) mass is 303 g/mol. The maximum atomic E-state index is 9.64. The minimum absolute atomic E-state index is 0.199. The van der Waals surface area contributed by atoms with Crippen LogP contribution in [0.4, 0.5) is 0 Å². The number of unbranched alkanes of at least 4 members (excludes halogenated alkanes) is 2. The number of rotatable bonds is 7. The number of benzene rings is 1. The van der Waals surface area contributed by atoms with Crippen LogP contribution in [0.1, 0.15) is 38.2 Å². The van der Waals surface area contributed by atoms with E-state index in [2.05, 4.69) is 47.5 Å². The summed E-state index contributed by atoms with van der Waals surface area (Å²) in [5.74, 6) is 0.960. The normalized spacial score (nSPS) is 18.7. The Labute approximate surface area is 134 Å². The Morgan fingerprint density at radius 3 is 2.77 bits per heavy atom. The Kier molecular flexibility index (Phi) is 7.23. The first-order valence-corrected chi connectivity index (χ1v) is 8.55. The van der Waals surface area contributed by atoms with Gasteiger partial charge in [-0.15, -0.1) is 0 Å². The number of aryl methyl sites for hydroxylation is 1. The fourth-order valence-electron chi connectivity index (χ4n) is 2.81. The SMILES string of the molecule is CCNC(=NCCCCCc1ccccc1)N1CC[C@@H](O)C1. The number of hydrogen-bond acceptors (Lipinski definition) is 2. The first-order chi connectivity index (χ1) is 10.8. The predicted molar refractivity (Wildman–Crippen MR) is 92.2 cm³/mol. The van der Waals surface area contributed by atoms with Crippen molar-refractivity contribution < 1.29 is 5.11 Å². The molecule has 4 nitrogen and oxygen atoms in total. The van der Waals surface area contributed by atoms with E-state index in [1.54, 1.807) is 0 Å². The molecule has 1 aromatic carbocycles. The van der Waals surface area contributed by atoms with Crippen molar-refractivity contribution in [3.05, 3.63) is 35.9 Å². The lowest BCUT2D eigenvalue weighted by Crippen LogP contribution is -2.40. The molecule has 0 saturated carbocycles. The Hall–Kier alpha value is -1.55. The Balaban J connectivity index is 1.66. The molecule has 1 heterocycles. The number of nitrogens with zero attached hydrogens (tertiary/aromatic N) is 2. The van der Waals surface area contributed by atoms with Crippen LogP contribution in [0.25, 0.3) is 0 Å². The molecule has 2 N–H and O–H groups in total. The summed E-state index contributed by atoms with van der Waals surface area (Å²) in [4.78, 5) is 6.86. The van der Waals surface area contributed by atoms with Gasteiger partial charge in [-0.3, -0.25) is 4.99 Å². The molecule has 0 bridgehead atoms. The second-order valence-electron chi connectivity index (χ2n) is 5.92. The molecule has 0 unspecified atom stereocenters. The third kappa shape index (κ3) is 5.68. The van der Waals surface area contributed by atoms with Gasteiger partial charge in [-0.25, -0.2) is 0 Å². The molecular formula is C18H29N3O. The van der Waals surface area contributed by atoms with E-state index in [1.165, 1.54) is 18.4 Å². The summed E-state index contributed by atoms with van der Waals surface area (Å²) >= 11 is 0. The summed E-state index contributed by atoms with van der Waals surface area (Å²) in [7, 11) is 0. The highest BCUT2D eigenvalue weighted by molar-refractivity contribution is 5.80. The zero-order valence-electron chi connectivity index (χ0n) is 13.7. The molecule has 4 heteroatoms. The van der Waals surface area contributed by atoms with Crippen LogP contribution in [0.2, 0.25) is 0 Å². The number of likely N-dealkylation sites (tertiary alicyclic amines) is 1. The maximum absolute atomic E-state index is 9.64. The van der Waals surface area contributed by atoms with Crippen molar-refractivity contribution in [2.45, 2.75) is 45.1 Å². The molecule has 0 radical (unpaired) electrons. The molecule has 1 atom stereocenters. The van der Waals surface area contributed by atoms with E-state index in [-0.39, 0.29) is 6.10 Å². The van der Waals surface area contributed by atoms with Gasteiger partial charge in [0.2, 0.25) is 0 Å². The molecule has 2 rings (SSSR count). The molecule has 1 aromatic rings. The highest BCUT2D eigenvalue weighted by Crippen LogP contribution is 2.09. The largest absolute Gasteiger partial charge is 0.391 e. The van der Waals surface area contributed by atoms with Crippen LogP contribution in [-0.2, 0) is 6.42 Å². The summed E-state index contributed by atoms with van der Waals surface area (Å²) in [6, 6.07) is 10.7. The van der Waals surface area contributed by atoms with Crippen molar-refractivity contribution in [2.24, 2.45) is 4.99 Å². The molecule has 1 fully saturated rings. The second-order valence-corrected chi connectivity index (χ2v) is 5.92. The van der Waals surface area contributed by atoms with Gasteiger partial charge < -0.3 is 15.3 Å². The number of nitrogens with one attached hydrogen (secondary N) is 1. The van der Waals surface area contributed by atoms with Gasteiger partial charge in [-0.05, 0) is 38.2 Å². The Bertz CT molecular complexity index is 447. The van der Waals surface area contributed by atoms with Gasteiger partial charge in [-0.1, -0.05) is 36.8 Å². The van der Waals surface area contributed by atoms with Crippen molar-refractivity contribution in [2.75, 3.05) is 26.2 Å². The fraction of sp³-hybridized carbons (Fsp3) is 0.611. The third-order valence-electron chi connectivity index (χ3n) is 4.03. The highest BCUT2D eigenvalue weighted by Gasteiger charge is 2.22. The average Bonchev–Trinajstić information content (AvgIpc) is 2.97. The standard InChI is InChI=1S/C18H29N3O/c1-2-19-18(21-14-12-17(22)15-21)20-13-8-4-7-11-16-9-5-3-6-10-16/h3,5-6,9-10,17,22H,2,4,7-8,11-15H2,1H3,(H,19,20)/t17-/m1/s1. The van der Waals surface area contributed by atoms with E-state index in [1.807, 2.05) is 0 Å². The average molecular weight is 303 g/mol. The smallest absolute Gasteiger partial charge is 0.194 e. The lowest BCUT2D eigenvalue weighted by molar-refractivity contribution is 0.188. The molecule has 0 aromatic heterocycles. The molecule has 0 spiro atoms. The lowest BCUT2D eigenvalue weighted by Gasteiger charge is -2.20. The zero-order valence-corrected chi connectivity index (χ0v) is 13.7. The number of β-amino-alcohol motifs (C(OH)–C–C–N with tert-alkyl or cyclic N) is 1. The van der Waals surface area contributed by atoms with E-state index in [4.69, 9.17) is 4.99 Å². The van der Waals surface area contributed by atoms with Crippen molar-refractivity contribution in [1.29, 1.82) is 0 Å². The van der Waals surface area contributed by atoms with Gasteiger partial charge in [0.15, 0.2) is 5.96 Å². The van der Waals surface area contributed by atoms with E-state index in [0.29, 0.717) is 6.54 Å². The minimum Gasteiger partial charge on any atom is -0.391 e. The van der Waals surface area contributed by atoms with E-state index in [9.17, 15) is 5.11 Å². The van der Waals surface area contributed by atoms with E-state index >= 15 is 0 Å². The van der Waals surface area contributed by atoms with Crippen LogP contribution in [0.3, 0.4) is 0 Å². The highest BCUT2D eigenvalue weighted by atomic mass is 16.3. The first kappa shape index (κ1) is 16.8. The van der Waals surface area contributed by atoms with Crippen LogP contribution in [0.5, 0.6) is 0 Å². The molecule has 0 aliphatic carbocycles. The topological polar surface area (TPSA) is 47.9 Å². The molecule has 1 aliphatic rings. The quantitative estimate of drug-likeness (QED) is 0.462. The van der Waals surface area contributed by atoms with Crippen molar-refractivity contribution in [3.8, 4) is 0 Å². The van der Waals surface area contributed by atoms with E-state index in [0.717, 1.165) is 44.9 Å². The van der Waals surface area contributed by atoms with Crippen molar-refractivity contribution >= 4 is 5.96 Å². The van der Waals surface area contributed by atoms with Gasteiger partial charge in [0.25, 0.3) is 0 Å². The summed E-state index contributed by atoms with van der Waals surface area (Å²) in [5, 5.41) is 13.0. The molecule has 122 valence electrons. The number of aliphatic hydroxyl groups is 1. The molecule has 0 amide bonds. The third-order valence-corrected chi connectivity index (χ3v) is 4.03. The number of aliphatic imine (C=N–C) groups is 1. The van der Waals surface area contributed by atoms with Crippen LogP contribution in [0.15, 0.2) is 35.3 Å². The second kappa shape index (κ2) is 9.46. The first-order valence-electron chi connectivity index (χ1n) is 8.55. The molecule has 1 aliphatic heterocycles. The summed E-state index contributed by atoms with van der Waals surface area (Å²) < 4.78 is 0. The maximum Gasteiger partial charge on any atom is 0.194 e. The van der Waals surface area contributed by atoms with E-state index < -0.39 is 0 Å². The summed E-state index contributed by atoms with van der Waals surface area (Å²) in [5.41, 5.74) is 1.42. The van der Waals surface area contributed by atoms with Crippen molar-refractivity contribution in [3.63, 3.8) is 0 Å². The number of hydrogen-bond donors (Lipinski definition) is 2. The van der Waals surface area contributed by atoms with Gasteiger partial charge in [0.05, 0.1) is 6.10 Å². The Morgan fingerprint density at radius 1 is 1.27 bits per heavy atom. The van der Waals surface area contributed by atoms with Crippen LogP contribution in [-0.4, -0.2) is 48.2 Å². The van der Waals surface area contributed by atoms with Crippen molar-refractivity contribution in [1.82, 2.24) is 10.2 Å². The summed E-state index contributed by atoms with van der Waals surface area (Å²) in [6.45, 7) is 5.44. The van der Waals surface area contributed by atoms with Gasteiger partial charge in [0, 0.05) is 26.2 Å². The van der Waals surface area contributed by atoms with Gasteiger partial charge in [0.1, 0.15) is 0 Å². The van der Waals surface area contributed by atoms with Crippen LogP contribution in [0, 0.1) is 0 Å². The van der Waals surface area contributed by atoms with Gasteiger partial charge in [-0.2, -0.15) is 0 Å².